The molecule has 0 aliphatic carbocycles. The molecular formula is C22H27N5O. The van der Waals surface area contributed by atoms with E-state index in [1.165, 1.54) is 12.0 Å². The van der Waals surface area contributed by atoms with Crippen LogP contribution >= 0.6 is 0 Å². The minimum absolute atomic E-state index is 0.634. The first-order chi connectivity index (χ1) is 13.9. The summed E-state index contributed by atoms with van der Waals surface area (Å²) >= 11 is 0. The minimum Gasteiger partial charge on any atom is -0.381 e. The summed E-state index contributed by atoms with van der Waals surface area (Å²) < 4.78 is 7.62. The van der Waals surface area contributed by atoms with Crippen molar-refractivity contribution in [3.63, 3.8) is 0 Å². The summed E-state index contributed by atoms with van der Waals surface area (Å²) in [6.45, 7) is 4.93. The molecule has 4 heterocycles. The molecule has 2 aromatic heterocycles. The molecule has 0 spiro atoms. The summed E-state index contributed by atoms with van der Waals surface area (Å²) in [7, 11) is 0. The zero-order valence-corrected chi connectivity index (χ0v) is 16.2. The third-order valence-electron chi connectivity index (χ3n) is 6.18. The van der Waals surface area contributed by atoms with Crippen molar-refractivity contribution in [2.45, 2.75) is 38.1 Å². The maximum absolute atomic E-state index is 5.47. The van der Waals surface area contributed by atoms with E-state index in [0.29, 0.717) is 5.92 Å². The Kier molecular flexibility index (Phi) is 5.06. The fourth-order valence-corrected chi connectivity index (χ4v) is 4.36. The van der Waals surface area contributed by atoms with Gasteiger partial charge in [0, 0.05) is 31.9 Å². The zero-order chi connectivity index (χ0) is 18.8. The predicted molar refractivity (Wildman–Crippen MR) is 109 cm³/mol. The van der Waals surface area contributed by atoms with Crippen LogP contribution in [0.25, 0.3) is 22.6 Å². The van der Waals surface area contributed by atoms with Gasteiger partial charge in [-0.3, -0.25) is 0 Å². The summed E-state index contributed by atoms with van der Waals surface area (Å²) in [6.07, 6.45) is 8.40. The van der Waals surface area contributed by atoms with Crippen LogP contribution < -0.4 is 5.32 Å². The number of ether oxygens (including phenoxy) is 1. The number of benzene rings is 1. The second-order valence-corrected chi connectivity index (χ2v) is 8.00. The van der Waals surface area contributed by atoms with Gasteiger partial charge in [0.15, 0.2) is 11.3 Å². The van der Waals surface area contributed by atoms with Crippen LogP contribution in [0.4, 0.5) is 0 Å². The Morgan fingerprint density at radius 2 is 1.93 bits per heavy atom. The van der Waals surface area contributed by atoms with Gasteiger partial charge in [-0.25, -0.2) is 15.0 Å². The van der Waals surface area contributed by atoms with Gasteiger partial charge in [-0.2, -0.15) is 0 Å². The Morgan fingerprint density at radius 1 is 1.07 bits per heavy atom. The molecule has 1 aromatic carbocycles. The standard InChI is InChI=1S/C22H27N5O/c1-3-18(4-2-17(1)19-5-9-23-13-19)20-14-24-21-22(26-20)27(15-25-21)10-6-16-7-11-28-12-8-16/h1-4,14-16,19,23H,5-13H2. The average Bonchev–Trinajstić information content (AvgIpc) is 3.43. The summed E-state index contributed by atoms with van der Waals surface area (Å²) in [4.78, 5) is 13.9. The second kappa shape index (κ2) is 7.97. The van der Waals surface area contributed by atoms with Crippen molar-refractivity contribution < 1.29 is 4.74 Å². The first kappa shape index (κ1) is 17.8. The molecule has 5 rings (SSSR count). The summed E-state index contributed by atoms with van der Waals surface area (Å²) in [6, 6.07) is 8.82. The fourth-order valence-electron chi connectivity index (χ4n) is 4.36. The maximum Gasteiger partial charge on any atom is 0.197 e. The Labute approximate surface area is 165 Å². The number of nitrogens with zero attached hydrogens (tertiary/aromatic N) is 4. The number of hydrogen-bond acceptors (Lipinski definition) is 5. The first-order valence-corrected chi connectivity index (χ1v) is 10.4. The van der Waals surface area contributed by atoms with E-state index in [1.54, 1.807) is 0 Å². The van der Waals surface area contributed by atoms with Gasteiger partial charge in [0.05, 0.1) is 18.2 Å². The molecule has 6 nitrogen and oxygen atoms in total. The molecule has 1 N–H and O–H groups in total. The van der Waals surface area contributed by atoms with Gasteiger partial charge < -0.3 is 14.6 Å². The first-order valence-electron chi connectivity index (χ1n) is 10.4. The molecule has 3 aromatic rings. The predicted octanol–water partition coefficient (Wildman–Crippen LogP) is 3.39. The molecule has 6 heteroatoms. The molecule has 2 saturated heterocycles. The summed E-state index contributed by atoms with van der Waals surface area (Å²) in [5.74, 6) is 1.37. The SMILES string of the molecule is c1cc(C2CCNC2)ccc1-c1cnc2ncn(CCC3CCOCC3)c2n1. The van der Waals surface area contributed by atoms with E-state index in [-0.39, 0.29) is 0 Å². The Balaban J connectivity index is 1.35. The van der Waals surface area contributed by atoms with Crippen molar-refractivity contribution in [2.24, 2.45) is 5.92 Å². The van der Waals surface area contributed by atoms with Crippen molar-refractivity contribution >= 4 is 11.3 Å². The number of nitrogens with one attached hydrogen (secondary N) is 1. The molecule has 146 valence electrons. The lowest BCUT2D eigenvalue weighted by Gasteiger charge is -2.21. The Bertz CT molecular complexity index is 924. The van der Waals surface area contributed by atoms with E-state index in [0.717, 1.165) is 80.6 Å². The van der Waals surface area contributed by atoms with Crippen LogP contribution in [0.5, 0.6) is 0 Å². The third kappa shape index (κ3) is 3.66. The van der Waals surface area contributed by atoms with Crippen molar-refractivity contribution in [1.82, 2.24) is 24.8 Å². The lowest BCUT2D eigenvalue weighted by molar-refractivity contribution is 0.0627. The third-order valence-corrected chi connectivity index (χ3v) is 6.18. The number of imidazole rings is 1. The second-order valence-electron chi connectivity index (χ2n) is 8.00. The van der Waals surface area contributed by atoms with Crippen LogP contribution in [-0.2, 0) is 11.3 Å². The highest BCUT2D eigenvalue weighted by atomic mass is 16.5. The van der Waals surface area contributed by atoms with Gasteiger partial charge in [-0.1, -0.05) is 24.3 Å². The zero-order valence-electron chi connectivity index (χ0n) is 16.2. The van der Waals surface area contributed by atoms with Crippen LogP contribution in [-0.4, -0.2) is 45.8 Å². The monoisotopic (exact) mass is 377 g/mol. The van der Waals surface area contributed by atoms with Crippen LogP contribution in [0.2, 0.25) is 0 Å². The minimum atomic E-state index is 0.634. The van der Waals surface area contributed by atoms with Gasteiger partial charge in [0.25, 0.3) is 0 Å². The summed E-state index contributed by atoms with van der Waals surface area (Å²) in [5, 5.41) is 3.44. The molecular weight excluding hydrogens is 350 g/mol. The lowest BCUT2D eigenvalue weighted by Crippen LogP contribution is -2.17. The number of aromatic nitrogens is 4. The average molecular weight is 377 g/mol. The lowest BCUT2D eigenvalue weighted by atomic mass is 9.97. The fraction of sp³-hybridized carbons (Fsp3) is 0.500. The molecule has 0 amide bonds. The van der Waals surface area contributed by atoms with Gasteiger partial charge in [-0.05, 0) is 49.6 Å². The van der Waals surface area contributed by atoms with Crippen LogP contribution in [0.1, 0.15) is 37.2 Å². The highest BCUT2D eigenvalue weighted by Crippen LogP contribution is 2.26. The molecule has 1 atom stereocenters. The molecule has 28 heavy (non-hydrogen) atoms. The Hall–Kier alpha value is -2.31. The van der Waals surface area contributed by atoms with Gasteiger partial charge >= 0.3 is 0 Å². The normalized spacial score (nSPS) is 20.8. The van der Waals surface area contributed by atoms with Crippen molar-refractivity contribution in [3.05, 3.63) is 42.4 Å². The van der Waals surface area contributed by atoms with Crippen LogP contribution in [0, 0.1) is 5.92 Å². The smallest absolute Gasteiger partial charge is 0.197 e. The van der Waals surface area contributed by atoms with Crippen molar-refractivity contribution in [2.75, 3.05) is 26.3 Å². The van der Waals surface area contributed by atoms with Gasteiger partial charge in [0.1, 0.15) is 0 Å². The highest BCUT2D eigenvalue weighted by molar-refractivity contribution is 5.70. The van der Waals surface area contributed by atoms with E-state index in [4.69, 9.17) is 9.72 Å². The quantitative estimate of drug-likeness (QED) is 0.738. The molecule has 2 aliphatic rings. The van der Waals surface area contributed by atoms with E-state index in [1.807, 2.05) is 12.5 Å². The number of rotatable bonds is 5. The van der Waals surface area contributed by atoms with E-state index >= 15 is 0 Å². The maximum atomic E-state index is 5.47. The van der Waals surface area contributed by atoms with E-state index < -0.39 is 0 Å². The number of fused-ring (bicyclic) bond motifs is 1. The largest absolute Gasteiger partial charge is 0.381 e. The molecule has 0 saturated carbocycles. The highest BCUT2D eigenvalue weighted by Gasteiger charge is 2.17. The summed E-state index contributed by atoms with van der Waals surface area (Å²) in [5.41, 5.74) is 5.04. The topological polar surface area (TPSA) is 64.9 Å². The molecule has 1 unspecified atom stereocenters. The number of aryl methyl sites for hydroxylation is 1. The molecule has 2 fully saturated rings. The van der Waals surface area contributed by atoms with Crippen LogP contribution in [0.3, 0.4) is 0 Å². The number of hydrogen-bond donors (Lipinski definition) is 1. The Morgan fingerprint density at radius 3 is 2.71 bits per heavy atom. The van der Waals surface area contributed by atoms with E-state index in [9.17, 15) is 0 Å². The molecule has 0 radical (unpaired) electrons. The van der Waals surface area contributed by atoms with Crippen molar-refractivity contribution in [1.29, 1.82) is 0 Å². The molecule has 0 bridgehead atoms. The molecule has 2 aliphatic heterocycles. The van der Waals surface area contributed by atoms with E-state index in [2.05, 4.69) is 44.1 Å². The van der Waals surface area contributed by atoms with Gasteiger partial charge in [0.2, 0.25) is 0 Å². The van der Waals surface area contributed by atoms with Gasteiger partial charge in [-0.15, -0.1) is 0 Å². The van der Waals surface area contributed by atoms with Crippen molar-refractivity contribution in [3.8, 4) is 11.3 Å². The van der Waals surface area contributed by atoms with Crippen LogP contribution in [0.15, 0.2) is 36.8 Å².